The summed E-state index contributed by atoms with van der Waals surface area (Å²) in [6.45, 7) is 3.29. The van der Waals surface area contributed by atoms with E-state index in [-0.39, 0.29) is 27.6 Å². The van der Waals surface area contributed by atoms with Gasteiger partial charge in [-0.25, -0.2) is 8.42 Å². The summed E-state index contributed by atoms with van der Waals surface area (Å²) in [4.78, 5) is 20.4. The molecule has 4 rings (SSSR count). The zero-order chi connectivity index (χ0) is 21.5. The molecule has 3 heterocycles. The number of carbonyl (C=O) groups excluding carboxylic acids is 1. The molecule has 1 aromatic carbocycles. The first kappa shape index (κ1) is 21.1. The number of aryl methyl sites for hydroxylation is 1. The smallest absolute Gasteiger partial charge is 0.266 e. The lowest BCUT2D eigenvalue weighted by Crippen LogP contribution is -2.30. The Labute approximate surface area is 185 Å². The normalized spacial score (nSPS) is 19.2. The van der Waals surface area contributed by atoms with Gasteiger partial charge in [0.25, 0.3) is 5.91 Å². The molecule has 0 atom stereocenters. The lowest BCUT2D eigenvalue weighted by Gasteiger charge is -2.26. The highest BCUT2D eigenvalue weighted by molar-refractivity contribution is 8.26. The second-order valence-electron chi connectivity index (χ2n) is 7.27. The second-order valence-corrected chi connectivity index (χ2v) is 10.8. The van der Waals surface area contributed by atoms with E-state index in [2.05, 4.69) is 4.98 Å². The van der Waals surface area contributed by atoms with Gasteiger partial charge in [-0.3, -0.25) is 9.69 Å². The first-order valence-corrected chi connectivity index (χ1v) is 12.3. The lowest BCUT2D eigenvalue weighted by molar-refractivity contribution is -0.121. The molecule has 0 aliphatic carbocycles. The molecule has 0 spiro atoms. The number of aromatic nitrogens is 1. The van der Waals surface area contributed by atoms with Crippen molar-refractivity contribution in [3.05, 3.63) is 40.6 Å². The molecule has 0 bridgehead atoms. The number of likely N-dealkylation sites (N-methyl/N-ethyl adjacent to an activating group) is 1. The molecule has 2 aromatic rings. The van der Waals surface area contributed by atoms with Crippen LogP contribution in [0, 0.1) is 6.92 Å². The SMILES string of the molecule is Cc1ccc(S(=O)(=O)c2nc(C=C3SC(=S)N(C)C3=O)oc2N2CCCCC2)cc1. The number of piperidine rings is 1. The highest BCUT2D eigenvalue weighted by Gasteiger charge is 2.33. The molecule has 2 aliphatic heterocycles. The quantitative estimate of drug-likeness (QED) is 0.502. The monoisotopic (exact) mass is 463 g/mol. The van der Waals surface area contributed by atoms with E-state index in [1.54, 1.807) is 31.3 Å². The molecule has 10 heteroatoms. The minimum atomic E-state index is -3.89. The van der Waals surface area contributed by atoms with E-state index in [1.165, 1.54) is 11.0 Å². The Kier molecular flexibility index (Phi) is 5.73. The fourth-order valence-corrected chi connectivity index (χ4v) is 5.81. The summed E-state index contributed by atoms with van der Waals surface area (Å²) < 4.78 is 33.0. The maximum absolute atomic E-state index is 13.4. The van der Waals surface area contributed by atoms with Crippen LogP contribution in [0.1, 0.15) is 30.7 Å². The molecule has 2 fully saturated rings. The molecule has 158 valence electrons. The zero-order valence-corrected chi connectivity index (χ0v) is 19.1. The summed E-state index contributed by atoms with van der Waals surface area (Å²) in [6.07, 6.45) is 4.46. The molecular weight excluding hydrogens is 442 g/mol. The van der Waals surface area contributed by atoms with Gasteiger partial charge in [-0.1, -0.05) is 41.7 Å². The Morgan fingerprint density at radius 1 is 1.17 bits per heavy atom. The third kappa shape index (κ3) is 3.91. The van der Waals surface area contributed by atoms with Crippen molar-refractivity contribution in [3.8, 4) is 0 Å². The van der Waals surface area contributed by atoms with E-state index in [9.17, 15) is 13.2 Å². The number of sulfone groups is 1. The van der Waals surface area contributed by atoms with Crippen molar-refractivity contribution in [2.75, 3.05) is 25.0 Å². The van der Waals surface area contributed by atoms with Crippen LogP contribution in [0.15, 0.2) is 43.5 Å². The zero-order valence-electron chi connectivity index (χ0n) is 16.6. The van der Waals surface area contributed by atoms with E-state index < -0.39 is 9.84 Å². The fraction of sp³-hybridized carbons (Fsp3) is 0.350. The van der Waals surface area contributed by atoms with Gasteiger partial charge in [-0.15, -0.1) is 0 Å². The molecule has 0 N–H and O–H groups in total. The van der Waals surface area contributed by atoms with Crippen molar-refractivity contribution < 1.29 is 17.6 Å². The molecular formula is C20H21N3O4S3. The van der Waals surface area contributed by atoms with Crippen molar-refractivity contribution in [2.24, 2.45) is 0 Å². The highest BCUT2D eigenvalue weighted by Crippen LogP contribution is 2.36. The van der Waals surface area contributed by atoms with Gasteiger partial charge < -0.3 is 9.32 Å². The number of anilines is 1. The number of thiocarbonyl (C=S) groups is 1. The van der Waals surface area contributed by atoms with Gasteiger partial charge in [-0.2, -0.15) is 4.98 Å². The van der Waals surface area contributed by atoms with Crippen molar-refractivity contribution in [3.63, 3.8) is 0 Å². The highest BCUT2D eigenvalue weighted by atomic mass is 32.2. The molecule has 30 heavy (non-hydrogen) atoms. The van der Waals surface area contributed by atoms with E-state index in [1.807, 2.05) is 11.8 Å². The average Bonchev–Trinajstić information content (AvgIpc) is 3.27. The molecule has 0 saturated carbocycles. The number of hydrogen-bond acceptors (Lipinski definition) is 8. The van der Waals surface area contributed by atoms with Crippen molar-refractivity contribution in [1.29, 1.82) is 0 Å². The standard InChI is InChI=1S/C20H21N3O4S3/c1-13-6-8-14(9-7-13)30(25,26)17-19(23-10-4-3-5-11-23)27-16(21-17)12-15-18(24)22(2)20(28)29-15/h6-9,12H,3-5,10-11H2,1-2H3. The predicted molar refractivity (Wildman–Crippen MR) is 120 cm³/mol. The Morgan fingerprint density at radius 3 is 2.43 bits per heavy atom. The largest absolute Gasteiger partial charge is 0.420 e. The average molecular weight is 464 g/mol. The van der Waals surface area contributed by atoms with Crippen LogP contribution in [-0.2, 0) is 14.6 Å². The molecule has 1 aromatic heterocycles. The first-order valence-electron chi connectivity index (χ1n) is 9.56. The Balaban J connectivity index is 1.80. The topological polar surface area (TPSA) is 83.7 Å². The van der Waals surface area contributed by atoms with Gasteiger partial charge in [0.15, 0.2) is 0 Å². The lowest BCUT2D eigenvalue weighted by atomic mass is 10.1. The summed E-state index contributed by atoms with van der Waals surface area (Å²) in [5.41, 5.74) is 0.965. The molecule has 0 radical (unpaired) electrons. The van der Waals surface area contributed by atoms with E-state index >= 15 is 0 Å². The van der Waals surface area contributed by atoms with Crippen LogP contribution < -0.4 is 4.90 Å². The molecule has 7 nitrogen and oxygen atoms in total. The van der Waals surface area contributed by atoms with E-state index in [0.717, 1.165) is 36.6 Å². The van der Waals surface area contributed by atoms with Crippen LogP contribution in [0.3, 0.4) is 0 Å². The van der Waals surface area contributed by atoms with Gasteiger partial charge in [0.05, 0.1) is 9.80 Å². The number of oxazole rings is 1. The molecule has 1 amide bonds. The first-order chi connectivity index (χ1) is 14.3. The van der Waals surface area contributed by atoms with Gasteiger partial charge in [-0.05, 0) is 38.3 Å². The number of carbonyl (C=O) groups is 1. The van der Waals surface area contributed by atoms with Gasteiger partial charge in [0.2, 0.25) is 26.6 Å². The van der Waals surface area contributed by atoms with Gasteiger partial charge >= 0.3 is 0 Å². The third-order valence-electron chi connectivity index (χ3n) is 5.07. The number of benzene rings is 1. The summed E-state index contributed by atoms with van der Waals surface area (Å²) >= 11 is 6.29. The van der Waals surface area contributed by atoms with Crippen LogP contribution >= 0.6 is 24.0 Å². The Morgan fingerprint density at radius 2 is 1.83 bits per heavy atom. The Hall–Kier alpha value is -2.17. The molecule has 2 aliphatic rings. The number of nitrogens with zero attached hydrogens (tertiary/aromatic N) is 3. The molecule has 2 saturated heterocycles. The third-order valence-corrected chi connectivity index (χ3v) is 8.22. The van der Waals surface area contributed by atoms with Crippen LogP contribution in [-0.4, -0.2) is 48.7 Å². The van der Waals surface area contributed by atoms with Crippen LogP contribution in [0.5, 0.6) is 0 Å². The van der Waals surface area contributed by atoms with Crippen molar-refractivity contribution >= 4 is 56.0 Å². The minimum Gasteiger partial charge on any atom is -0.420 e. The van der Waals surface area contributed by atoms with Crippen LogP contribution in [0.25, 0.3) is 6.08 Å². The fourth-order valence-electron chi connectivity index (χ4n) is 3.33. The summed E-state index contributed by atoms with van der Waals surface area (Å²) in [7, 11) is -2.29. The summed E-state index contributed by atoms with van der Waals surface area (Å²) in [5, 5.41) is -0.119. The van der Waals surface area contributed by atoms with E-state index in [0.29, 0.717) is 22.3 Å². The number of hydrogen-bond donors (Lipinski definition) is 0. The molecule has 0 unspecified atom stereocenters. The minimum absolute atomic E-state index is 0.0789. The van der Waals surface area contributed by atoms with Crippen LogP contribution in [0.4, 0.5) is 5.88 Å². The predicted octanol–water partition coefficient (Wildman–Crippen LogP) is 3.64. The summed E-state index contributed by atoms with van der Waals surface area (Å²) in [6, 6.07) is 6.64. The summed E-state index contributed by atoms with van der Waals surface area (Å²) in [5.74, 6) is 0.0503. The maximum atomic E-state index is 13.4. The van der Waals surface area contributed by atoms with Gasteiger partial charge in [0.1, 0.15) is 4.32 Å². The Bertz CT molecular complexity index is 1130. The second kappa shape index (κ2) is 8.16. The maximum Gasteiger partial charge on any atom is 0.266 e. The van der Waals surface area contributed by atoms with Crippen LogP contribution in [0.2, 0.25) is 0 Å². The number of thioether (sulfide) groups is 1. The number of rotatable bonds is 4. The van der Waals surface area contributed by atoms with E-state index in [4.69, 9.17) is 16.6 Å². The number of amides is 1. The van der Waals surface area contributed by atoms with Crippen molar-refractivity contribution in [2.45, 2.75) is 36.1 Å². The van der Waals surface area contributed by atoms with Crippen molar-refractivity contribution in [1.82, 2.24) is 9.88 Å². The van der Waals surface area contributed by atoms with Gasteiger partial charge in [0, 0.05) is 26.2 Å².